The van der Waals surface area contributed by atoms with Crippen LogP contribution in [0.3, 0.4) is 0 Å². The van der Waals surface area contributed by atoms with Crippen molar-refractivity contribution >= 4 is 27.3 Å². The second-order valence-corrected chi connectivity index (χ2v) is 8.88. The largest absolute Gasteiger partial charge is 0.322 e. The Bertz CT molecular complexity index is 1180. The summed E-state index contributed by atoms with van der Waals surface area (Å²) in [7, 11) is -3.84. The summed E-state index contributed by atoms with van der Waals surface area (Å²) in [5.74, 6) is -0.362. The van der Waals surface area contributed by atoms with Crippen molar-refractivity contribution < 1.29 is 13.2 Å². The first-order chi connectivity index (χ1) is 13.7. The maximum Gasteiger partial charge on any atom is 0.262 e. The number of carbonyl (C=O) groups is 1. The first-order valence-electron chi connectivity index (χ1n) is 9.24. The fourth-order valence-electron chi connectivity index (χ4n) is 3.08. The summed E-state index contributed by atoms with van der Waals surface area (Å²) in [4.78, 5) is 12.7. The summed E-state index contributed by atoms with van der Waals surface area (Å²) < 4.78 is 28.6. The third-order valence-electron chi connectivity index (χ3n) is 4.64. The highest BCUT2D eigenvalue weighted by molar-refractivity contribution is 7.92. The van der Waals surface area contributed by atoms with Gasteiger partial charge in [-0.15, -0.1) is 0 Å². The lowest BCUT2D eigenvalue weighted by molar-refractivity contribution is 0.102. The van der Waals surface area contributed by atoms with Crippen molar-refractivity contribution in [3.05, 3.63) is 88.5 Å². The van der Waals surface area contributed by atoms with Crippen molar-refractivity contribution in [2.45, 2.75) is 32.6 Å². The second-order valence-electron chi connectivity index (χ2n) is 7.23. The molecular weight excluding hydrogens is 384 g/mol. The molecule has 0 unspecified atom stereocenters. The van der Waals surface area contributed by atoms with E-state index in [4.69, 9.17) is 0 Å². The molecule has 0 heterocycles. The van der Waals surface area contributed by atoms with Crippen LogP contribution in [0.4, 0.5) is 11.4 Å². The van der Waals surface area contributed by atoms with Gasteiger partial charge >= 0.3 is 0 Å². The standard InChI is InChI=1S/C23H24N2O3S/c1-15-6-5-7-20(13-15)24-23(26)19-10-9-17(3)22(14-19)29(27,28)25-21-11-8-16(2)12-18(21)4/h5-14,25H,1-4H3,(H,24,26). The molecule has 0 spiro atoms. The van der Waals surface area contributed by atoms with E-state index in [9.17, 15) is 13.2 Å². The third kappa shape index (κ3) is 4.84. The molecule has 0 saturated heterocycles. The molecule has 3 aromatic rings. The molecule has 0 saturated carbocycles. The summed E-state index contributed by atoms with van der Waals surface area (Å²) in [6, 6.07) is 17.6. The van der Waals surface area contributed by atoms with Crippen LogP contribution in [0.2, 0.25) is 0 Å². The zero-order valence-electron chi connectivity index (χ0n) is 16.9. The number of nitrogens with one attached hydrogen (secondary N) is 2. The highest BCUT2D eigenvalue weighted by atomic mass is 32.2. The Labute approximate surface area is 171 Å². The summed E-state index contributed by atoms with van der Waals surface area (Å²) in [6.07, 6.45) is 0. The Balaban J connectivity index is 1.90. The van der Waals surface area contributed by atoms with E-state index in [1.54, 1.807) is 31.2 Å². The van der Waals surface area contributed by atoms with Crippen molar-refractivity contribution in [2.24, 2.45) is 0 Å². The quantitative estimate of drug-likeness (QED) is 0.626. The van der Waals surface area contributed by atoms with Crippen molar-refractivity contribution in [1.82, 2.24) is 0 Å². The Morgan fingerprint density at radius 1 is 0.793 bits per heavy atom. The number of rotatable bonds is 5. The first kappa shape index (κ1) is 20.6. The van der Waals surface area contributed by atoms with E-state index in [1.807, 2.05) is 51.1 Å². The van der Waals surface area contributed by atoms with Gasteiger partial charge in [0.1, 0.15) is 0 Å². The van der Waals surface area contributed by atoms with Gasteiger partial charge in [-0.2, -0.15) is 0 Å². The monoisotopic (exact) mass is 408 g/mol. The summed E-state index contributed by atoms with van der Waals surface area (Å²) in [5, 5.41) is 2.81. The van der Waals surface area contributed by atoms with Crippen molar-refractivity contribution in [1.29, 1.82) is 0 Å². The van der Waals surface area contributed by atoms with Crippen molar-refractivity contribution in [3.63, 3.8) is 0 Å². The number of carbonyl (C=O) groups excluding carboxylic acids is 1. The minimum Gasteiger partial charge on any atom is -0.322 e. The SMILES string of the molecule is Cc1cccc(NC(=O)c2ccc(C)c(S(=O)(=O)Nc3ccc(C)cc3C)c2)c1. The predicted molar refractivity (Wildman–Crippen MR) is 117 cm³/mol. The molecule has 0 aromatic heterocycles. The van der Waals surface area contributed by atoms with Gasteiger partial charge in [-0.1, -0.05) is 35.9 Å². The zero-order chi connectivity index (χ0) is 21.2. The normalized spacial score (nSPS) is 11.2. The summed E-state index contributed by atoms with van der Waals surface area (Å²) >= 11 is 0. The van der Waals surface area contributed by atoms with Gasteiger partial charge in [-0.25, -0.2) is 8.42 Å². The Morgan fingerprint density at radius 2 is 1.52 bits per heavy atom. The summed E-state index contributed by atoms with van der Waals surface area (Å²) in [6.45, 7) is 7.44. The molecule has 0 radical (unpaired) electrons. The van der Waals surface area contributed by atoms with Gasteiger partial charge < -0.3 is 5.32 Å². The molecular formula is C23H24N2O3S. The lowest BCUT2D eigenvalue weighted by atomic mass is 10.1. The molecule has 0 aliphatic carbocycles. The fraction of sp³-hybridized carbons (Fsp3) is 0.174. The van der Waals surface area contributed by atoms with Gasteiger partial charge in [0.2, 0.25) is 0 Å². The van der Waals surface area contributed by atoms with Crippen molar-refractivity contribution in [3.8, 4) is 0 Å². The van der Waals surface area contributed by atoms with Crippen LogP contribution in [0.1, 0.15) is 32.6 Å². The van der Waals surface area contributed by atoms with Crippen LogP contribution in [0.5, 0.6) is 0 Å². The van der Waals surface area contributed by atoms with Gasteiger partial charge in [0.25, 0.3) is 15.9 Å². The van der Waals surface area contributed by atoms with Crippen LogP contribution in [0.15, 0.2) is 65.6 Å². The van der Waals surface area contributed by atoms with Gasteiger partial charge in [-0.3, -0.25) is 9.52 Å². The van der Waals surface area contributed by atoms with Crippen LogP contribution >= 0.6 is 0 Å². The molecule has 3 aromatic carbocycles. The number of hydrogen-bond acceptors (Lipinski definition) is 3. The molecule has 0 atom stereocenters. The minimum atomic E-state index is -3.84. The Hall–Kier alpha value is -3.12. The predicted octanol–water partition coefficient (Wildman–Crippen LogP) is 4.97. The fourth-order valence-corrected chi connectivity index (χ4v) is 4.49. The van der Waals surface area contributed by atoms with Crippen LogP contribution in [-0.2, 0) is 10.0 Å². The minimum absolute atomic E-state index is 0.0781. The molecule has 3 rings (SSSR count). The van der Waals surface area contributed by atoms with Crippen LogP contribution in [0.25, 0.3) is 0 Å². The van der Waals surface area contributed by atoms with Crippen molar-refractivity contribution in [2.75, 3.05) is 10.0 Å². The maximum absolute atomic E-state index is 13.0. The lowest BCUT2D eigenvalue weighted by Gasteiger charge is -2.14. The molecule has 0 fully saturated rings. The Kier molecular flexibility index (Phi) is 5.75. The number of aryl methyl sites for hydroxylation is 4. The van der Waals surface area contributed by atoms with E-state index >= 15 is 0 Å². The van der Waals surface area contributed by atoms with Gasteiger partial charge in [0, 0.05) is 11.3 Å². The van der Waals surface area contributed by atoms with Gasteiger partial charge in [0.05, 0.1) is 10.6 Å². The number of hydrogen-bond donors (Lipinski definition) is 2. The van der Waals surface area contributed by atoms with Crippen LogP contribution in [-0.4, -0.2) is 14.3 Å². The second kappa shape index (κ2) is 8.09. The average molecular weight is 409 g/mol. The molecule has 150 valence electrons. The highest BCUT2D eigenvalue weighted by Crippen LogP contribution is 2.24. The average Bonchev–Trinajstić information content (AvgIpc) is 2.64. The lowest BCUT2D eigenvalue weighted by Crippen LogP contribution is -2.17. The smallest absolute Gasteiger partial charge is 0.262 e. The van der Waals surface area contributed by atoms with E-state index in [2.05, 4.69) is 10.0 Å². The van der Waals surface area contributed by atoms with Gasteiger partial charge in [0.15, 0.2) is 0 Å². The molecule has 6 heteroatoms. The van der Waals surface area contributed by atoms with E-state index in [-0.39, 0.29) is 16.4 Å². The van der Waals surface area contributed by atoms with E-state index < -0.39 is 10.0 Å². The van der Waals surface area contributed by atoms with Gasteiger partial charge in [-0.05, 0) is 74.7 Å². The number of amides is 1. The molecule has 5 nitrogen and oxygen atoms in total. The maximum atomic E-state index is 13.0. The molecule has 0 aliphatic rings. The van der Waals surface area contributed by atoms with E-state index in [0.29, 0.717) is 16.9 Å². The van der Waals surface area contributed by atoms with Crippen LogP contribution < -0.4 is 10.0 Å². The number of benzene rings is 3. The third-order valence-corrected chi connectivity index (χ3v) is 6.15. The molecule has 0 bridgehead atoms. The van der Waals surface area contributed by atoms with E-state index in [0.717, 1.165) is 16.7 Å². The zero-order valence-corrected chi connectivity index (χ0v) is 17.7. The summed E-state index contributed by atoms with van der Waals surface area (Å²) in [5.41, 5.74) is 4.93. The van der Waals surface area contributed by atoms with E-state index in [1.165, 1.54) is 6.07 Å². The number of sulfonamides is 1. The molecule has 1 amide bonds. The first-order valence-corrected chi connectivity index (χ1v) is 10.7. The highest BCUT2D eigenvalue weighted by Gasteiger charge is 2.20. The molecule has 29 heavy (non-hydrogen) atoms. The molecule has 2 N–H and O–H groups in total. The molecule has 0 aliphatic heterocycles. The topological polar surface area (TPSA) is 75.3 Å². The van der Waals surface area contributed by atoms with Crippen LogP contribution in [0, 0.1) is 27.7 Å². The number of anilines is 2. The Morgan fingerprint density at radius 3 is 2.21 bits per heavy atom.